The van der Waals surface area contributed by atoms with E-state index < -0.39 is 6.23 Å². The van der Waals surface area contributed by atoms with Crippen LogP contribution in [0.3, 0.4) is 0 Å². The molecule has 11 heteroatoms. The van der Waals surface area contributed by atoms with Gasteiger partial charge in [-0.1, -0.05) is 47.7 Å². The number of methoxy groups -OCH3 is 1. The molecule has 38 heavy (non-hydrogen) atoms. The lowest BCUT2D eigenvalue weighted by Gasteiger charge is -2.12. The summed E-state index contributed by atoms with van der Waals surface area (Å²) < 4.78 is 5.04. The molecular formula is C27H30N6O4S. The number of carbonyl (C=O) groups is 1. The minimum atomic E-state index is -0.867. The second kappa shape index (κ2) is 13.5. The van der Waals surface area contributed by atoms with Gasteiger partial charge in [0.25, 0.3) is 0 Å². The van der Waals surface area contributed by atoms with Gasteiger partial charge in [0.1, 0.15) is 11.2 Å². The van der Waals surface area contributed by atoms with Crippen molar-refractivity contribution in [1.82, 2.24) is 20.4 Å². The van der Waals surface area contributed by atoms with Crippen molar-refractivity contribution in [3.63, 3.8) is 0 Å². The Morgan fingerprint density at radius 1 is 0.974 bits per heavy atom. The number of aromatic nitrogens is 4. The van der Waals surface area contributed by atoms with Crippen LogP contribution < -0.4 is 15.4 Å². The summed E-state index contributed by atoms with van der Waals surface area (Å²) in [6, 6.07) is 18.2. The molecule has 4 N–H and O–H groups in total. The Morgan fingerprint density at radius 2 is 1.79 bits per heavy atom. The first-order valence-corrected chi connectivity index (χ1v) is 13.1. The topological polar surface area (TPSA) is 142 Å². The predicted molar refractivity (Wildman–Crippen MR) is 145 cm³/mol. The molecule has 0 fully saturated rings. The van der Waals surface area contributed by atoms with Gasteiger partial charge in [-0.2, -0.15) is 5.10 Å². The summed E-state index contributed by atoms with van der Waals surface area (Å²) in [5, 5.41) is 44.0. The number of anilines is 2. The molecule has 2 aromatic carbocycles. The molecule has 2 aromatic heterocycles. The third kappa shape index (κ3) is 8.22. The normalized spacial score (nSPS) is 11.6. The van der Waals surface area contributed by atoms with E-state index in [1.54, 1.807) is 24.3 Å². The van der Waals surface area contributed by atoms with Crippen LogP contribution in [0, 0.1) is 0 Å². The molecule has 0 bridgehead atoms. The van der Waals surface area contributed by atoms with Crippen molar-refractivity contribution >= 4 is 28.2 Å². The standard InChI is InChI=1S/C27H30N6O4S/c1-37-22-13-11-19(15-21(22)34)17-25(36)29-27-33-32-26(38-27)10-6-5-9-20-12-14-23(31-30-20)28-24(35)16-18-7-3-2-4-8-18/h2-4,7-8,11-15,25,34,36H,5-6,9-10,16-17H2,1H3,(H,29,33)(H,28,31,35). The van der Waals surface area contributed by atoms with Crippen LogP contribution in [0.4, 0.5) is 10.9 Å². The fraction of sp³-hybridized carbons (Fsp3) is 0.296. The number of nitrogens with zero attached hydrogens (tertiary/aromatic N) is 4. The molecule has 0 spiro atoms. The number of rotatable bonds is 13. The number of phenols is 1. The number of hydrogen-bond donors (Lipinski definition) is 4. The van der Waals surface area contributed by atoms with Crippen LogP contribution in [0.5, 0.6) is 11.5 Å². The third-order valence-corrected chi connectivity index (χ3v) is 6.61. The summed E-state index contributed by atoms with van der Waals surface area (Å²) in [5.41, 5.74) is 2.57. The number of aromatic hydroxyl groups is 1. The molecule has 1 amide bonds. The number of phenolic OH excluding ortho intramolecular Hbond substituents is 1. The lowest BCUT2D eigenvalue weighted by Crippen LogP contribution is -2.21. The second-order valence-electron chi connectivity index (χ2n) is 8.70. The average molecular weight is 535 g/mol. The van der Waals surface area contributed by atoms with E-state index in [0.29, 0.717) is 29.5 Å². The average Bonchev–Trinajstić information content (AvgIpc) is 3.35. The molecule has 2 heterocycles. The summed E-state index contributed by atoms with van der Waals surface area (Å²) in [6.07, 6.45) is 3.06. The summed E-state index contributed by atoms with van der Waals surface area (Å²) in [5.74, 6) is 0.728. The monoisotopic (exact) mass is 534 g/mol. The zero-order chi connectivity index (χ0) is 26.7. The molecule has 0 saturated heterocycles. The van der Waals surface area contributed by atoms with Crippen molar-refractivity contribution in [2.75, 3.05) is 17.7 Å². The number of nitrogens with one attached hydrogen (secondary N) is 2. The van der Waals surface area contributed by atoms with E-state index in [4.69, 9.17) is 4.74 Å². The maximum Gasteiger partial charge on any atom is 0.229 e. The first kappa shape index (κ1) is 27.0. The first-order valence-electron chi connectivity index (χ1n) is 12.3. The number of hydrogen-bond acceptors (Lipinski definition) is 10. The van der Waals surface area contributed by atoms with Crippen molar-refractivity contribution in [2.45, 2.75) is 44.8 Å². The van der Waals surface area contributed by atoms with Crippen LogP contribution in [0.25, 0.3) is 0 Å². The highest BCUT2D eigenvalue weighted by Gasteiger charge is 2.12. The number of unbranched alkanes of at least 4 members (excludes halogenated alkanes) is 1. The van der Waals surface area contributed by atoms with Crippen molar-refractivity contribution in [2.24, 2.45) is 0 Å². The number of aliphatic hydroxyl groups excluding tert-OH is 1. The first-order chi connectivity index (χ1) is 18.5. The molecule has 198 valence electrons. The van der Waals surface area contributed by atoms with Crippen LogP contribution in [-0.4, -0.2) is 49.9 Å². The van der Waals surface area contributed by atoms with Gasteiger partial charge in [-0.15, -0.1) is 15.3 Å². The summed E-state index contributed by atoms with van der Waals surface area (Å²) in [4.78, 5) is 12.2. The number of aliphatic hydroxyl groups is 1. The summed E-state index contributed by atoms with van der Waals surface area (Å²) in [7, 11) is 1.49. The smallest absolute Gasteiger partial charge is 0.229 e. The van der Waals surface area contributed by atoms with Gasteiger partial charge in [-0.3, -0.25) is 4.79 Å². The minimum Gasteiger partial charge on any atom is -0.504 e. The Bertz CT molecular complexity index is 1320. The number of carbonyl (C=O) groups excluding carboxylic acids is 1. The molecule has 0 saturated carbocycles. The van der Waals surface area contributed by atoms with Crippen molar-refractivity contribution < 1.29 is 19.7 Å². The molecule has 4 aromatic rings. The highest BCUT2D eigenvalue weighted by atomic mass is 32.1. The van der Waals surface area contributed by atoms with Gasteiger partial charge in [0.15, 0.2) is 17.3 Å². The van der Waals surface area contributed by atoms with Gasteiger partial charge in [0, 0.05) is 12.8 Å². The Labute approximate surface area is 224 Å². The second-order valence-corrected chi connectivity index (χ2v) is 9.76. The molecule has 10 nitrogen and oxygen atoms in total. The van der Waals surface area contributed by atoms with Gasteiger partial charge < -0.3 is 25.6 Å². The van der Waals surface area contributed by atoms with Gasteiger partial charge in [0.05, 0.1) is 19.2 Å². The van der Waals surface area contributed by atoms with Gasteiger partial charge in [0.2, 0.25) is 11.0 Å². The number of amides is 1. The maximum atomic E-state index is 12.2. The quantitative estimate of drug-likeness (QED) is 0.149. The largest absolute Gasteiger partial charge is 0.504 e. The molecule has 0 aliphatic rings. The maximum absolute atomic E-state index is 12.2. The van der Waals surface area contributed by atoms with E-state index in [1.807, 2.05) is 36.4 Å². The number of benzene rings is 2. The van der Waals surface area contributed by atoms with Crippen molar-refractivity contribution in [3.8, 4) is 11.5 Å². The Balaban J connectivity index is 1.15. The van der Waals surface area contributed by atoms with Gasteiger partial charge >= 0.3 is 0 Å². The Hall–Kier alpha value is -4.09. The van der Waals surface area contributed by atoms with Crippen LogP contribution >= 0.6 is 11.3 Å². The fourth-order valence-corrected chi connectivity index (χ4v) is 4.63. The number of ether oxygens (including phenoxy) is 1. The van der Waals surface area contributed by atoms with E-state index in [0.717, 1.165) is 47.5 Å². The molecular weight excluding hydrogens is 504 g/mol. The van der Waals surface area contributed by atoms with Crippen LogP contribution in [0.2, 0.25) is 0 Å². The van der Waals surface area contributed by atoms with Crippen LogP contribution in [-0.2, 0) is 30.5 Å². The van der Waals surface area contributed by atoms with E-state index >= 15 is 0 Å². The zero-order valence-electron chi connectivity index (χ0n) is 21.0. The van der Waals surface area contributed by atoms with Crippen molar-refractivity contribution in [3.05, 3.63) is 82.5 Å². The Kier molecular flexibility index (Phi) is 9.54. The van der Waals surface area contributed by atoms with Gasteiger partial charge in [-0.25, -0.2) is 0 Å². The molecule has 1 unspecified atom stereocenters. The van der Waals surface area contributed by atoms with E-state index in [-0.39, 0.29) is 11.7 Å². The lowest BCUT2D eigenvalue weighted by atomic mass is 10.1. The lowest BCUT2D eigenvalue weighted by molar-refractivity contribution is -0.115. The van der Waals surface area contributed by atoms with E-state index in [2.05, 4.69) is 31.0 Å². The van der Waals surface area contributed by atoms with Gasteiger partial charge in [-0.05, 0) is 54.7 Å². The molecule has 0 aliphatic carbocycles. The number of aryl methyl sites for hydroxylation is 2. The minimum absolute atomic E-state index is 0.0305. The zero-order valence-corrected chi connectivity index (χ0v) is 21.8. The molecule has 1 atom stereocenters. The highest BCUT2D eigenvalue weighted by Crippen LogP contribution is 2.27. The SMILES string of the molecule is COc1ccc(CC(O)Nc2nnc(CCCCc3ccc(NC(=O)Cc4ccccc4)nn3)s2)cc1O. The summed E-state index contributed by atoms with van der Waals surface area (Å²) in [6.45, 7) is 0. The van der Waals surface area contributed by atoms with E-state index in [9.17, 15) is 15.0 Å². The predicted octanol–water partition coefficient (Wildman–Crippen LogP) is 3.76. The van der Waals surface area contributed by atoms with Crippen LogP contribution in [0.15, 0.2) is 60.7 Å². The molecule has 0 radical (unpaired) electrons. The highest BCUT2D eigenvalue weighted by molar-refractivity contribution is 7.15. The van der Waals surface area contributed by atoms with E-state index in [1.165, 1.54) is 18.4 Å². The third-order valence-electron chi connectivity index (χ3n) is 5.70. The van der Waals surface area contributed by atoms with Crippen molar-refractivity contribution in [1.29, 1.82) is 0 Å². The summed E-state index contributed by atoms with van der Waals surface area (Å²) >= 11 is 1.40. The fourth-order valence-electron chi connectivity index (χ4n) is 3.80. The molecule has 4 rings (SSSR count). The van der Waals surface area contributed by atoms with Crippen LogP contribution in [0.1, 0.15) is 34.7 Å². The molecule has 0 aliphatic heterocycles. The Morgan fingerprint density at radius 3 is 2.53 bits per heavy atom.